The summed E-state index contributed by atoms with van der Waals surface area (Å²) in [5.74, 6) is -0.455. The summed E-state index contributed by atoms with van der Waals surface area (Å²) in [5, 5.41) is 4.85. The van der Waals surface area contributed by atoms with Crippen LogP contribution in [-0.4, -0.2) is 38.9 Å². The van der Waals surface area contributed by atoms with Gasteiger partial charge >= 0.3 is 8.25 Å². The van der Waals surface area contributed by atoms with Crippen LogP contribution in [0.25, 0.3) is 0 Å². The molecule has 2 aromatic rings. The van der Waals surface area contributed by atoms with Crippen molar-refractivity contribution in [3.63, 3.8) is 0 Å². The lowest BCUT2D eigenvalue weighted by molar-refractivity contribution is -0.123. The van der Waals surface area contributed by atoms with Gasteiger partial charge in [-0.05, 0) is 15.4 Å². The van der Waals surface area contributed by atoms with E-state index in [4.69, 9.17) is 9.32 Å². The van der Waals surface area contributed by atoms with Crippen LogP contribution in [0, 0.1) is 0 Å². The van der Waals surface area contributed by atoms with Crippen molar-refractivity contribution in [1.29, 1.82) is 0 Å². The third-order valence-electron chi connectivity index (χ3n) is 4.47. The first-order valence-corrected chi connectivity index (χ1v) is 12.1. The predicted octanol–water partition coefficient (Wildman–Crippen LogP) is 2.35. The van der Waals surface area contributed by atoms with Crippen LogP contribution in [0.2, 0.25) is 5.04 Å². The van der Waals surface area contributed by atoms with Crippen LogP contribution in [-0.2, 0) is 18.3 Å². The average Bonchev–Trinajstić information content (AvgIpc) is 2.67. The van der Waals surface area contributed by atoms with Gasteiger partial charge in [0.1, 0.15) is 0 Å². The molecule has 8 heteroatoms. The second kappa shape index (κ2) is 10.0. The van der Waals surface area contributed by atoms with Crippen LogP contribution in [0.3, 0.4) is 0 Å². The second-order valence-corrected chi connectivity index (χ2v) is 12.4. The molecule has 0 fully saturated rings. The number of carbonyl (C=O) groups excluding carboxylic acids is 1. The molecule has 150 valence electrons. The Hall–Kier alpha value is -1.89. The zero-order valence-electron chi connectivity index (χ0n) is 16.4. The minimum atomic E-state index is -2.78. The van der Waals surface area contributed by atoms with E-state index in [1.54, 1.807) is 0 Å². The maximum absolute atomic E-state index is 11.7. The number of hydrogen-bond acceptors (Lipinski definition) is 4. The molecule has 0 saturated carbocycles. The molecule has 0 aliphatic heterocycles. The number of benzene rings is 2. The Balaban J connectivity index is 2.22. The predicted molar refractivity (Wildman–Crippen MR) is 112 cm³/mol. The fourth-order valence-corrected chi connectivity index (χ4v) is 8.11. The van der Waals surface area contributed by atoms with E-state index in [1.165, 1.54) is 10.4 Å². The molecule has 0 aliphatic rings. The Morgan fingerprint density at radius 2 is 1.54 bits per heavy atom. The molecule has 1 amide bonds. The minimum absolute atomic E-state index is 0.141. The van der Waals surface area contributed by atoms with E-state index in [1.807, 2.05) is 36.4 Å². The maximum Gasteiger partial charge on any atom is 0.695 e. The lowest BCUT2D eigenvalue weighted by Crippen LogP contribution is -2.67. The van der Waals surface area contributed by atoms with Gasteiger partial charge in [0.05, 0.1) is 6.61 Å². The van der Waals surface area contributed by atoms with Crippen LogP contribution in [0.1, 0.15) is 20.8 Å². The molecule has 28 heavy (non-hydrogen) atoms. The summed E-state index contributed by atoms with van der Waals surface area (Å²) >= 11 is 0. The SMILES string of the molecule is CC(C)(C)[Si](OCCNC(=O)CO[P+](=O)O)(c1ccccc1)c1ccccc1. The number of nitrogens with one attached hydrogen (secondary N) is 1. The zero-order chi connectivity index (χ0) is 20.6. The highest BCUT2D eigenvalue weighted by atomic mass is 31.1. The van der Waals surface area contributed by atoms with Gasteiger partial charge in [-0.1, -0.05) is 81.4 Å². The Labute approximate surface area is 168 Å². The fourth-order valence-electron chi connectivity index (χ4n) is 3.32. The van der Waals surface area contributed by atoms with E-state index in [0.717, 1.165) is 0 Å². The highest BCUT2D eigenvalue weighted by Gasteiger charge is 2.49. The van der Waals surface area contributed by atoms with E-state index in [9.17, 15) is 9.36 Å². The summed E-state index contributed by atoms with van der Waals surface area (Å²) in [7, 11) is -5.41. The third kappa shape index (κ3) is 5.56. The van der Waals surface area contributed by atoms with Crippen molar-refractivity contribution in [3.8, 4) is 0 Å². The monoisotopic (exact) mass is 420 g/mol. The molecule has 0 radical (unpaired) electrons. The fraction of sp³-hybridized carbons (Fsp3) is 0.350. The van der Waals surface area contributed by atoms with Crippen LogP contribution < -0.4 is 15.7 Å². The summed E-state index contributed by atoms with van der Waals surface area (Å²) in [5.41, 5.74) is 0. The van der Waals surface area contributed by atoms with Gasteiger partial charge in [-0.25, -0.2) is 0 Å². The number of amides is 1. The van der Waals surface area contributed by atoms with Gasteiger partial charge in [0.15, 0.2) is 6.61 Å². The van der Waals surface area contributed by atoms with E-state index in [-0.39, 0.29) is 11.6 Å². The molecule has 0 heterocycles. The molecule has 2 aromatic carbocycles. The van der Waals surface area contributed by atoms with Crippen molar-refractivity contribution in [2.75, 3.05) is 19.8 Å². The second-order valence-electron chi connectivity index (χ2n) is 7.37. The van der Waals surface area contributed by atoms with Gasteiger partial charge in [-0.2, -0.15) is 0 Å². The smallest absolute Gasteiger partial charge is 0.406 e. The van der Waals surface area contributed by atoms with Gasteiger partial charge in [0.25, 0.3) is 14.2 Å². The molecule has 6 nitrogen and oxygen atoms in total. The van der Waals surface area contributed by atoms with Crippen LogP contribution >= 0.6 is 8.25 Å². The molecule has 0 saturated heterocycles. The van der Waals surface area contributed by atoms with Crippen molar-refractivity contribution in [1.82, 2.24) is 5.32 Å². The van der Waals surface area contributed by atoms with Gasteiger partial charge in [0.2, 0.25) is 0 Å². The molecule has 0 aliphatic carbocycles. The minimum Gasteiger partial charge on any atom is -0.406 e. The molecule has 1 atom stereocenters. The topological polar surface area (TPSA) is 84.9 Å². The highest BCUT2D eigenvalue weighted by molar-refractivity contribution is 7.32. The van der Waals surface area contributed by atoms with Gasteiger partial charge in [0, 0.05) is 11.1 Å². The average molecular weight is 420 g/mol. The van der Waals surface area contributed by atoms with Crippen molar-refractivity contribution in [2.24, 2.45) is 0 Å². The number of carbonyl (C=O) groups is 1. The Morgan fingerprint density at radius 1 is 1.04 bits per heavy atom. The first kappa shape index (κ1) is 22.4. The standard InChI is InChI=1S/C20H26NO5PSi/c1-20(2,3)28(17-10-6-4-7-11-17,18-12-8-5-9-13-18)26-15-14-21-19(22)16-25-27(23)24/h4-13H,14-16H2,1-3H3,(H-,21,22,23,24)/p+1. The van der Waals surface area contributed by atoms with Gasteiger partial charge < -0.3 is 9.74 Å². The molecule has 0 spiro atoms. The lowest BCUT2D eigenvalue weighted by atomic mass is 10.2. The molecule has 1 unspecified atom stereocenters. The van der Waals surface area contributed by atoms with Gasteiger partial charge in [-0.3, -0.25) is 4.79 Å². The molecular weight excluding hydrogens is 393 g/mol. The van der Waals surface area contributed by atoms with Crippen LogP contribution in [0.4, 0.5) is 0 Å². The summed E-state index contributed by atoms with van der Waals surface area (Å²) in [6, 6.07) is 20.5. The lowest BCUT2D eigenvalue weighted by Gasteiger charge is -2.43. The quantitative estimate of drug-likeness (QED) is 0.370. The maximum atomic E-state index is 11.7. The van der Waals surface area contributed by atoms with Crippen molar-refractivity contribution in [2.45, 2.75) is 25.8 Å². The van der Waals surface area contributed by atoms with E-state index in [2.05, 4.69) is 54.9 Å². The van der Waals surface area contributed by atoms with Crippen molar-refractivity contribution < 1.29 is 23.2 Å². The van der Waals surface area contributed by atoms with Gasteiger partial charge in [-0.15, -0.1) is 9.42 Å². The first-order valence-electron chi connectivity index (χ1n) is 9.08. The van der Waals surface area contributed by atoms with E-state index >= 15 is 0 Å². The summed E-state index contributed by atoms with van der Waals surface area (Å²) in [4.78, 5) is 20.3. The number of rotatable bonds is 9. The van der Waals surface area contributed by atoms with Crippen LogP contribution in [0.15, 0.2) is 60.7 Å². The largest absolute Gasteiger partial charge is 0.695 e. The third-order valence-corrected chi connectivity index (χ3v) is 9.86. The molecule has 2 rings (SSSR count). The summed E-state index contributed by atoms with van der Waals surface area (Å²) in [6.45, 7) is 6.71. The summed E-state index contributed by atoms with van der Waals surface area (Å²) < 4.78 is 21.5. The van der Waals surface area contributed by atoms with E-state index < -0.39 is 29.1 Å². The molecule has 2 N–H and O–H groups in total. The number of hydrogen-bond donors (Lipinski definition) is 2. The molecular formula is C20H27NO5PSi+. The zero-order valence-corrected chi connectivity index (χ0v) is 18.3. The Morgan fingerprint density at radius 3 is 1.96 bits per heavy atom. The summed E-state index contributed by atoms with van der Waals surface area (Å²) in [6.07, 6.45) is 0. The Kier molecular flexibility index (Phi) is 8.04. The van der Waals surface area contributed by atoms with Crippen molar-refractivity contribution in [3.05, 3.63) is 60.7 Å². The highest BCUT2D eigenvalue weighted by Crippen LogP contribution is 2.36. The van der Waals surface area contributed by atoms with Crippen molar-refractivity contribution >= 4 is 32.9 Å². The van der Waals surface area contributed by atoms with E-state index in [0.29, 0.717) is 6.61 Å². The Bertz CT molecular complexity index is 741. The molecule has 0 bridgehead atoms. The normalized spacial score (nSPS) is 12.5. The molecule has 0 aromatic heterocycles. The van der Waals surface area contributed by atoms with Crippen LogP contribution in [0.5, 0.6) is 0 Å². The first-order chi connectivity index (χ1) is 13.3.